The molecule has 0 radical (unpaired) electrons. The maximum absolute atomic E-state index is 12.0. The third-order valence-electron chi connectivity index (χ3n) is 8.41. The van der Waals surface area contributed by atoms with Gasteiger partial charge >= 0.3 is 11.9 Å². The molecule has 4 aliphatic rings. The van der Waals surface area contributed by atoms with Gasteiger partial charge in [-0.1, -0.05) is 19.4 Å². The fourth-order valence-electron chi connectivity index (χ4n) is 7.32. The van der Waals surface area contributed by atoms with Crippen LogP contribution in [0.15, 0.2) is 11.6 Å². The second-order valence-corrected chi connectivity index (χ2v) is 9.92. The van der Waals surface area contributed by atoms with Crippen molar-refractivity contribution in [2.24, 2.45) is 28.6 Å². The number of hydrogen-bond donors (Lipinski definition) is 0. The Morgan fingerprint density at radius 3 is 2.43 bits per heavy atom. The molecule has 7 atom stereocenters. The summed E-state index contributed by atoms with van der Waals surface area (Å²) in [5.41, 5.74) is 1.01. The van der Waals surface area contributed by atoms with Crippen LogP contribution in [0.4, 0.5) is 0 Å². The monoisotopic (exact) mass is 388 g/mol. The highest BCUT2D eigenvalue weighted by Crippen LogP contribution is 2.66. The topological polar surface area (TPSA) is 69.7 Å². The van der Waals surface area contributed by atoms with Crippen molar-refractivity contribution in [1.29, 1.82) is 0 Å². The average molecular weight is 389 g/mol. The summed E-state index contributed by atoms with van der Waals surface area (Å²) in [7, 11) is 0. The zero-order valence-corrected chi connectivity index (χ0v) is 17.5. The van der Waals surface area contributed by atoms with Gasteiger partial charge in [0.25, 0.3) is 0 Å². The van der Waals surface area contributed by atoms with E-state index in [1.54, 1.807) is 0 Å². The second-order valence-electron chi connectivity index (χ2n) is 9.92. The molecule has 0 unspecified atom stereocenters. The standard InChI is InChI=1S/C23H32O5/c1-13(24)27-19-12-23(4)18(7-8-20(23)28-14(2)25)17-6-5-15-11-16(26)9-10-22(15,3)21(17)19/h11,17-21H,5-10,12H2,1-4H3/t17-,18-,19+,20+,21+,22-,23-/m0/s1. The molecular formula is C23H32O5. The number of carbonyl (C=O) groups is 3. The van der Waals surface area contributed by atoms with Crippen LogP contribution in [-0.4, -0.2) is 29.9 Å². The van der Waals surface area contributed by atoms with E-state index in [4.69, 9.17) is 9.47 Å². The van der Waals surface area contributed by atoms with Gasteiger partial charge in [-0.15, -0.1) is 0 Å². The van der Waals surface area contributed by atoms with Crippen molar-refractivity contribution in [2.75, 3.05) is 0 Å². The molecule has 0 bridgehead atoms. The predicted octanol–water partition coefficient (Wildman–Crippen LogP) is 3.99. The van der Waals surface area contributed by atoms with Gasteiger partial charge in [-0.2, -0.15) is 0 Å². The zero-order valence-electron chi connectivity index (χ0n) is 17.5. The SMILES string of the molecule is CC(=O)O[C@@H]1C[C@]2(C)[C@H](OC(C)=O)CC[C@H]2[C@@H]2CCC3=CC(=O)CC[C@]3(C)[C@H]21. The maximum Gasteiger partial charge on any atom is 0.302 e. The Bertz CT molecular complexity index is 739. The molecule has 0 saturated heterocycles. The van der Waals surface area contributed by atoms with Gasteiger partial charge in [-0.3, -0.25) is 14.4 Å². The lowest BCUT2D eigenvalue weighted by molar-refractivity contribution is -0.185. The molecule has 5 nitrogen and oxygen atoms in total. The molecule has 0 N–H and O–H groups in total. The summed E-state index contributed by atoms with van der Waals surface area (Å²) in [6, 6.07) is 0. The van der Waals surface area contributed by atoms with Gasteiger partial charge in [0.05, 0.1) is 0 Å². The smallest absolute Gasteiger partial charge is 0.302 e. The Morgan fingerprint density at radius 1 is 1.04 bits per heavy atom. The predicted molar refractivity (Wildman–Crippen MR) is 103 cm³/mol. The molecule has 0 aromatic rings. The van der Waals surface area contributed by atoms with Crippen LogP contribution in [0.2, 0.25) is 0 Å². The van der Waals surface area contributed by atoms with Crippen molar-refractivity contribution in [2.45, 2.75) is 84.8 Å². The Balaban J connectivity index is 1.73. The summed E-state index contributed by atoms with van der Waals surface area (Å²) in [6.45, 7) is 7.46. The number of rotatable bonds is 2. The lowest BCUT2D eigenvalue weighted by atomic mass is 9.46. The molecule has 4 rings (SSSR count). The van der Waals surface area contributed by atoms with Gasteiger partial charge in [-0.05, 0) is 61.9 Å². The second kappa shape index (κ2) is 6.70. The first-order chi connectivity index (χ1) is 13.1. The summed E-state index contributed by atoms with van der Waals surface area (Å²) in [4.78, 5) is 35.7. The molecule has 0 aliphatic heterocycles. The summed E-state index contributed by atoms with van der Waals surface area (Å²) < 4.78 is 11.7. The van der Waals surface area contributed by atoms with Crippen LogP contribution in [0.3, 0.4) is 0 Å². The van der Waals surface area contributed by atoms with Gasteiger partial charge in [0, 0.05) is 31.6 Å². The van der Waals surface area contributed by atoms with E-state index >= 15 is 0 Å². The number of esters is 2. The van der Waals surface area contributed by atoms with Crippen LogP contribution in [0.25, 0.3) is 0 Å². The molecule has 3 saturated carbocycles. The molecule has 4 aliphatic carbocycles. The highest BCUT2D eigenvalue weighted by atomic mass is 16.6. The van der Waals surface area contributed by atoms with Crippen molar-refractivity contribution in [1.82, 2.24) is 0 Å². The van der Waals surface area contributed by atoms with Crippen LogP contribution in [0.1, 0.15) is 72.6 Å². The third-order valence-corrected chi connectivity index (χ3v) is 8.41. The highest BCUT2D eigenvalue weighted by molar-refractivity contribution is 5.91. The van der Waals surface area contributed by atoms with Gasteiger partial charge in [0.1, 0.15) is 12.2 Å². The van der Waals surface area contributed by atoms with E-state index in [1.165, 1.54) is 19.4 Å². The van der Waals surface area contributed by atoms with E-state index in [0.717, 1.165) is 38.5 Å². The first-order valence-electron chi connectivity index (χ1n) is 10.7. The normalized spacial score (nSPS) is 44.6. The first kappa shape index (κ1) is 19.7. The minimum absolute atomic E-state index is 0.0855. The van der Waals surface area contributed by atoms with Gasteiger partial charge < -0.3 is 9.47 Å². The quantitative estimate of drug-likeness (QED) is 0.669. The van der Waals surface area contributed by atoms with E-state index in [9.17, 15) is 14.4 Å². The Morgan fingerprint density at radius 2 is 1.75 bits per heavy atom. The minimum atomic E-state index is -0.251. The molecule has 0 spiro atoms. The van der Waals surface area contributed by atoms with Crippen LogP contribution >= 0.6 is 0 Å². The number of carbonyl (C=O) groups excluding carboxylic acids is 3. The van der Waals surface area contributed by atoms with Crippen molar-refractivity contribution in [3.63, 3.8) is 0 Å². The van der Waals surface area contributed by atoms with Gasteiger partial charge in [-0.25, -0.2) is 0 Å². The summed E-state index contributed by atoms with van der Waals surface area (Å²) in [6.07, 6.45) is 7.62. The Kier molecular flexibility index (Phi) is 4.71. The highest BCUT2D eigenvalue weighted by Gasteiger charge is 2.63. The Hall–Kier alpha value is -1.65. The van der Waals surface area contributed by atoms with Crippen LogP contribution < -0.4 is 0 Å². The van der Waals surface area contributed by atoms with Crippen LogP contribution in [-0.2, 0) is 23.9 Å². The van der Waals surface area contributed by atoms with Crippen LogP contribution in [0, 0.1) is 28.6 Å². The van der Waals surface area contributed by atoms with Crippen molar-refractivity contribution < 1.29 is 23.9 Å². The summed E-state index contributed by atoms with van der Waals surface area (Å²) in [5.74, 6) is 0.873. The zero-order chi connectivity index (χ0) is 20.3. The van der Waals surface area contributed by atoms with E-state index in [-0.39, 0.29) is 46.7 Å². The summed E-state index contributed by atoms with van der Waals surface area (Å²) in [5, 5.41) is 0. The lowest BCUT2D eigenvalue weighted by Gasteiger charge is -2.59. The molecule has 0 aromatic carbocycles. The van der Waals surface area contributed by atoms with Crippen LogP contribution in [0.5, 0.6) is 0 Å². The molecule has 5 heteroatoms. The van der Waals surface area contributed by atoms with E-state index in [0.29, 0.717) is 18.3 Å². The number of fused-ring (bicyclic) bond motifs is 5. The number of ketones is 1. The Labute approximate surface area is 167 Å². The molecule has 28 heavy (non-hydrogen) atoms. The number of allylic oxidation sites excluding steroid dienone is 1. The van der Waals surface area contributed by atoms with Gasteiger partial charge in [0.15, 0.2) is 5.78 Å². The van der Waals surface area contributed by atoms with E-state index in [1.807, 2.05) is 6.08 Å². The summed E-state index contributed by atoms with van der Waals surface area (Å²) >= 11 is 0. The van der Waals surface area contributed by atoms with Crippen molar-refractivity contribution >= 4 is 17.7 Å². The molecule has 0 amide bonds. The van der Waals surface area contributed by atoms with E-state index in [2.05, 4.69) is 13.8 Å². The average Bonchev–Trinajstić information content (AvgIpc) is 2.90. The third kappa shape index (κ3) is 2.93. The lowest BCUT2D eigenvalue weighted by Crippen LogP contribution is -2.58. The fourth-order valence-corrected chi connectivity index (χ4v) is 7.32. The number of ether oxygens (including phenoxy) is 2. The van der Waals surface area contributed by atoms with Crippen molar-refractivity contribution in [3.8, 4) is 0 Å². The molecule has 0 heterocycles. The fraction of sp³-hybridized carbons (Fsp3) is 0.783. The van der Waals surface area contributed by atoms with Crippen molar-refractivity contribution in [3.05, 3.63) is 11.6 Å². The number of hydrogen-bond acceptors (Lipinski definition) is 5. The van der Waals surface area contributed by atoms with E-state index < -0.39 is 0 Å². The molecule has 154 valence electrons. The first-order valence-corrected chi connectivity index (χ1v) is 10.7. The maximum atomic E-state index is 12.0. The molecule has 0 aromatic heterocycles. The van der Waals surface area contributed by atoms with Gasteiger partial charge in [0.2, 0.25) is 0 Å². The molecule has 3 fully saturated rings. The molecular weight excluding hydrogens is 356 g/mol. The minimum Gasteiger partial charge on any atom is -0.462 e. The largest absolute Gasteiger partial charge is 0.462 e.